The molecule has 74 heavy (non-hydrogen) atoms. The van der Waals surface area contributed by atoms with Gasteiger partial charge in [-0.3, -0.25) is 9.59 Å². The molecule has 2 rings (SSSR count). The summed E-state index contributed by atoms with van der Waals surface area (Å²) in [5, 5.41) is 72.3. The Morgan fingerprint density at radius 2 is 0.811 bits per heavy atom. The number of carbonyl (C=O) groups excluding carboxylic acids is 2. The van der Waals surface area contributed by atoms with Gasteiger partial charge in [0.05, 0.1) is 19.8 Å². The molecule has 2 aliphatic heterocycles. The summed E-state index contributed by atoms with van der Waals surface area (Å²) in [6, 6.07) is 0. The van der Waals surface area contributed by atoms with Gasteiger partial charge in [-0.15, -0.1) is 5.73 Å². The summed E-state index contributed by atoms with van der Waals surface area (Å²) in [5.74, 6) is -0.932. The Balaban J connectivity index is 1.72. The van der Waals surface area contributed by atoms with Gasteiger partial charge in [0, 0.05) is 12.8 Å². The molecular weight excluding hydrogens is 949 g/mol. The number of unbranched alkanes of at least 4 members (excludes halogenated alkanes) is 32. The lowest BCUT2D eigenvalue weighted by Gasteiger charge is -2.42. The lowest BCUT2D eigenvalue weighted by molar-refractivity contribution is -0.332. The van der Waals surface area contributed by atoms with E-state index in [1.54, 1.807) is 0 Å². The highest BCUT2D eigenvalue weighted by molar-refractivity contribution is 5.70. The van der Waals surface area contributed by atoms with Crippen molar-refractivity contribution in [1.82, 2.24) is 0 Å². The molecule has 0 amide bonds. The van der Waals surface area contributed by atoms with Crippen molar-refractivity contribution in [1.29, 1.82) is 0 Å². The number of rotatable bonds is 48. The molecule has 0 aromatic carbocycles. The van der Waals surface area contributed by atoms with E-state index in [0.29, 0.717) is 12.8 Å². The minimum absolute atomic E-state index is 0.148. The van der Waals surface area contributed by atoms with Gasteiger partial charge in [0.2, 0.25) is 0 Å². The standard InChI is InChI=1S/C59H108O15/c1-3-5-7-9-11-13-15-17-19-20-21-22-23-24-25-26-28-29-31-33-35-37-39-41-50(61)69-44-47(72-51(62)42-40-38-36-34-32-30-27-18-16-14-12-10-8-6-4-2)45-70-58-57(68)55(66)53(64)49(74-58)46-71-59-56(67)54(65)52(63)48(43-60)73-59/h16,27,47-49,52-60,63-68H,3-15,17,19-26,28-46H2,1-2H3/t18?,47-,48+,49+,52-,53-,54?,55?,56?,57?,58+,59+/m0/s1. The topological polar surface area (TPSA) is 231 Å². The first-order valence-corrected chi connectivity index (χ1v) is 30.0. The van der Waals surface area contributed by atoms with Crippen LogP contribution >= 0.6 is 0 Å². The van der Waals surface area contributed by atoms with Crippen LogP contribution in [0.1, 0.15) is 251 Å². The first-order valence-electron chi connectivity index (χ1n) is 30.0. The van der Waals surface area contributed by atoms with Crippen LogP contribution < -0.4 is 0 Å². The highest BCUT2D eigenvalue weighted by Crippen LogP contribution is 2.27. The lowest BCUT2D eigenvalue weighted by atomic mass is 9.98. The van der Waals surface area contributed by atoms with Crippen molar-refractivity contribution in [3.05, 3.63) is 17.9 Å². The maximum Gasteiger partial charge on any atom is 0.306 e. The van der Waals surface area contributed by atoms with Crippen molar-refractivity contribution >= 4 is 11.9 Å². The van der Waals surface area contributed by atoms with Gasteiger partial charge in [0.15, 0.2) is 18.7 Å². The Hall–Kier alpha value is -1.98. The smallest absolute Gasteiger partial charge is 0.306 e. The SMILES string of the molecule is CCCCCCCC=C=CCCCCCCCC(=O)O[C@@H](COC(=O)CCCCCCCCCCCCCCCCCCCCCCCCC)CO[C@@H]1O[C@H](CO[C@@H]2O[C@H](CO)[C@H](O)C(O)C2O)[C@H](O)C(O)C1O. The molecule has 434 valence electrons. The van der Waals surface area contributed by atoms with Crippen LogP contribution in [-0.2, 0) is 38.0 Å². The first-order chi connectivity index (χ1) is 36.0. The van der Waals surface area contributed by atoms with Crippen molar-refractivity contribution in [3.8, 4) is 0 Å². The quantitative estimate of drug-likeness (QED) is 0.0171. The van der Waals surface area contributed by atoms with E-state index in [4.69, 9.17) is 28.4 Å². The lowest BCUT2D eigenvalue weighted by Crippen LogP contribution is -2.61. The Morgan fingerprint density at radius 1 is 0.446 bits per heavy atom. The third-order valence-electron chi connectivity index (χ3n) is 14.5. The van der Waals surface area contributed by atoms with Gasteiger partial charge in [-0.2, -0.15) is 0 Å². The second-order valence-electron chi connectivity index (χ2n) is 21.3. The summed E-state index contributed by atoms with van der Waals surface area (Å²) in [5.41, 5.74) is 3.29. The molecule has 4 unspecified atom stereocenters. The van der Waals surface area contributed by atoms with Crippen LogP contribution in [0.4, 0.5) is 0 Å². The molecule has 0 aliphatic carbocycles. The van der Waals surface area contributed by atoms with E-state index >= 15 is 0 Å². The zero-order valence-corrected chi connectivity index (χ0v) is 46.4. The molecule has 11 atom stereocenters. The van der Waals surface area contributed by atoms with E-state index < -0.39 is 92.7 Å². The molecule has 0 aromatic heterocycles. The van der Waals surface area contributed by atoms with Gasteiger partial charge >= 0.3 is 11.9 Å². The van der Waals surface area contributed by atoms with E-state index in [1.165, 1.54) is 154 Å². The molecule has 0 saturated carbocycles. The summed E-state index contributed by atoms with van der Waals surface area (Å²) in [6.07, 6.45) is 30.2. The van der Waals surface area contributed by atoms with Gasteiger partial charge in [0.1, 0.15) is 55.4 Å². The minimum Gasteiger partial charge on any atom is -0.462 e. The fraction of sp³-hybridized carbons (Fsp3) is 0.915. The zero-order chi connectivity index (χ0) is 53.9. The van der Waals surface area contributed by atoms with E-state index in [2.05, 4.69) is 31.7 Å². The molecular formula is C59H108O15. The van der Waals surface area contributed by atoms with Crippen molar-refractivity contribution in [2.45, 2.75) is 319 Å². The number of ether oxygens (including phenoxy) is 6. The van der Waals surface area contributed by atoms with Gasteiger partial charge in [0.25, 0.3) is 0 Å². The summed E-state index contributed by atoms with van der Waals surface area (Å²) >= 11 is 0. The number of esters is 2. The Kier molecular flexibility index (Phi) is 42.3. The average molecular weight is 1060 g/mol. The number of aliphatic hydroxyl groups is 7. The minimum atomic E-state index is -1.77. The summed E-state index contributed by atoms with van der Waals surface area (Å²) in [6.45, 7) is 2.60. The molecule has 2 heterocycles. The first kappa shape index (κ1) is 68.1. The molecule has 2 saturated heterocycles. The van der Waals surface area contributed by atoms with Crippen LogP contribution in [0, 0.1) is 0 Å². The molecule has 15 nitrogen and oxygen atoms in total. The maximum absolute atomic E-state index is 13.0. The van der Waals surface area contributed by atoms with Crippen LogP contribution in [0.3, 0.4) is 0 Å². The van der Waals surface area contributed by atoms with E-state index in [1.807, 2.05) is 0 Å². The van der Waals surface area contributed by atoms with Gasteiger partial charge in [-0.1, -0.05) is 200 Å². The zero-order valence-electron chi connectivity index (χ0n) is 46.4. The summed E-state index contributed by atoms with van der Waals surface area (Å²) < 4.78 is 33.7. The van der Waals surface area contributed by atoms with Crippen LogP contribution in [-0.4, -0.2) is 142 Å². The van der Waals surface area contributed by atoms with Crippen LogP contribution in [0.2, 0.25) is 0 Å². The Morgan fingerprint density at radius 3 is 1.24 bits per heavy atom. The number of carbonyl (C=O) groups is 2. The number of hydrogen-bond donors (Lipinski definition) is 7. The third kappa shape index (κ3) is 32.7. The highest BCUT2D eigenvalue weighted by atomic mass is 16.7. The third-order valence-corrected chi connectivity index (χ3v) is 14.5. The summed E-state index contributed by atoms with van der Waals surface area (Å²) in [4.78, 5) is 25.9. The van der Waals surface area contributed by atoms with Crippen molar-refractivity contribution in [3.63, 3.8) is 0 Å². The Bertz CT molecular complexity index is 1390. The molecule has 2 aliphatic rings. The number of allylic oxidation sites excluding steroid dienone is 1. The largest absolute Gasteiger partial charge is 0.462 e. The average Bonchev–Trinajstić information content (AvgIpc) is 3.39. The molecule has 0 spiro atoms. The van der Waals surface area contributed by atoms with Crippen molar-refractivity contribution in [2.75, 3.05) is 26.4 Å². The molecule has 0 radical (unpaired) electrons. The second kappa shape index (κ2) is 46.0. The van der Waals surface area contributed by atoms with E-state index in [-0.39, 0.29) is 26.1 Å². The fourth-order valence-corrected chi connectivity index (χ4v) is 9.61. The van der Waals surface area contributed by atoms with Crippen LogP contribution in [0.15, 0.2) is 17.9 Å². The van der Waals surface area contributed by atoms with E-state index in [0.717, 1.165) is 57.8 Å². The molecule has 2 fully saturated rings. The monoisotopic (exact) mass is 1060 g/mol. The number of hydrogen-bond acceptors (Lipinski definition) is 15. The predicted molar refractivity (Wildman–Crippen MR) is 288 cm³/mol. The van der Waals surface area contributed by atoms with Gasteiger partial charge < -0.3 is 64.2 Å². The van der Waals surface area contributed by atoms with Gasteiger partial charge in [-0.05, 0) is 50.7 Å². The molecule has 0 bridgehead atoms. The van der Waals surface area contributed by atoms with Crippen molar-refractivity contribution in [2.24, 2.45) is 0 Å². The number of aliphatic hydroxyl groups excluding tert-OH is 7. The maximum atomic E-state index is 13.0. The van der Waals surface area contributed by atoms with Crippen LogP contribution in [0.5, 0.6) is 0 Å². The normalized spacial score (nSPS) is 24.3. The second-order valence-corrected chi connectivity index (χ2v) is 21.3. The fourth-order valence-electron chi connectivity index (χ4n) is 9.61. The predicted octanol–water partition coefficient (Wildman–Crippen LogP) is 10.3. The molecule has 15 heteroatoms. The summed E-state index contributed by atoms with van der Waals surface area (Å²) in [7, 11) is 0. The molecule has 7 N–H and O–H groups in total. The highest BCUT2D eigenvalue weighted by Gasteiger charge is 2.47. The van der Waals surface area contributed by atoms with Crippen molar-refractivity contribution < 1.29 is 73.8 Å². The molecule has 0 aromatic rings. The Labute approximate surface area is 447 Å². The van der Waals surface area contributed by atoms with Crippen LogP contribution in [0.25, 0.3) is 0 Å². The van der Waals surface area contributed by atoms with Gasteiger partial charge in [-0.25, -0.2) is 0 Å². The van der Waals surface area contributed by atoms with E-state index in [9.17, 15) is 45.3 Å².